The minimum Gasteiger partial charge on any atom is -0.495 e. The van der Waals surface area contributed by atoms with E-state index >= 15 is 0 Å². The Hall–Kier alpha value is -2.08. The summed E-state index contributed by atoms with van der Waals surface area (Å²) >= 11 is 3.41. The lowest BCUT2D eigenvalue weighted by Crippen LogP contribution is -2.31. The van der Waals surface area contributed by atoms with Crippen LogP contribution in [0.3, 0.4) is 0 Å². The number of amides is 2. The lowest BCUT2D eigenvalue weighted by atomic mass is 10.1. The number of ether oxygens (including phenoxy) is 1. The van der Waals surface area contributed by atoms with E-state index in [9.17, 15) is 4.79 Å². The van der Waals surface area contributed by atoms with E-state index in [-0.39, 0.29) is 12.1 Å². The largest absolute Gasteiger partial charge is 0.495 e. The Balaban J connectivity index is 2.10. The zero-order valence-electron chi connectivity index (χ0n) is 12.7. The Kier molecular flexibility index (Phi) is 5.38. The molecule has 2 rings (SSSR count). The van der Waals surface area contributed by atoms with E-state index in [4.69, 9.17) is 4.74 Å². The number of nitrogens with one attached hydrogen (secondary N) is 2. The van der Waals surface area contributed by atoms with Crippen molar-refractivity contribution in [3.63, 3.8) is 0 Å². The number of carbonyl (C=O) groups is 1. The maximum atomic E-state index is 12.2. The molecule has 22 heavy (non-hydrogen) atoms. The van der Waals surface area contributed by atoms with Gasteiger partial charge in [0.05, 0.1) is 18.8 Å². The summed E-state index contributed by atoms with van der Waals surface area (Å²) in [5.74, 6) is 0.610. The molecule has 0 saturated carbocycles. The molecule has 0 bridgehead atoms. The third-order valence-corrected chi connectivity index (χ3v) is 3.73. The molecule has 2 amide bonds. The molecular weight excluding hydrogens is 346 g/mol. The van der Waals surface area contributed by atoms with Gasteiger partial charge in [-0.2, -0.15) is 0 Å². The average molecular weight is 364 g/mol. The second-order valence-electron chi connectivity index (χ2n) is 4.90. The number of hydrogen-bond donors (Lipinski definition) is 2. The molecule has 0 aliphatic heterocycles. The first-order valence-corrected chi connectivity index (χ1v) is 7.62. The predicted octanol–water partition coefficient (Wildman–Crippen LogP) is 4.04. The number of aryl methyl sites for hydroxylation is 1. The molecule has 0 aliphatic carbocycles. The summed E-state index contributed by atoms with van der Waals surface area (Å²) in [5.41, 5.74) is 2.56. The standard InChI is InChI=1S/C16H18BrN3O2/c1-10-8-13(17)9-14(22-3)15(10)20-16(21)19-11(2)12-4-6-18-7-5-12/h4-9,11H,1-3H3,(H2,19,20,21). The van der Waals surface area contributed by atoms with Gasteiger partial charge in [0.25, 0.3) is 0 Å². The smallest absolute Gasteiger partial charge is 0.319 e. The number of hydrogen-bond acceptors (Lipinski definition) is 3. The zero-order chi connectivity index (χ0) is 16.1. The number of nitrogens with zero attached hydrogens (tertiary/aromatic N) is 1. The first-order chi connectivity index (χ1) is 10.5. The van der Waals surface area contributed by atoms with Gasteiger partial charge >= 0.3 is 6.03 Å². The first-order valence-electron chi connectivity index (χ1n) is 6.83. The number of anilines is 1. The second kappa shape index (κ2) is 7.26. The van der Waals surface area contributed by atoms with Gasteiger partial charge in [0.1, 0.15) is 5.75 Å². The Morgan fingerprint density at radius 2 is 2.00 bits per heavy atom. The van der Waals surface area contributed by atoms with Crippen LogP contribution in [0.25, 0.3) is 0 Å². The first kappa shape index (κ1) is 16.3. The number of benzene rings is 1. The molecule has 1 unspecified atom stereocenters. The Morgan fingerprint density at radius 1 is 1.32 bits per heavy atom. The lowest BCUT2D eigenvalue weighted by Gasteiger charge is -2.17. The molecule has 2 aromatic rings. The summed E-state index contributed by atoms with van der Waals surface area (Å²) in [6.07, 6.45) is 3.40. The number of urea groups is 1. The highest BCUT2D eigenvalue weighted by atomic mass is 79.9. The number of methoxy groups -OCH3 is 1. The van der Waals surface area contributed by atoms with Crippen molar-refractivity contribution in [2.75, 3.05) is 12.4 Å². The van der Waals surface area contributed by atoms with Gasteiger partial charge in [-0.1, -0.05) is 15.9 Å². The molecule has 0 fully saturated rings. The molecule has 0 saturated heterocycles. The maximum Gasteiger partial charge on any atom is 0.319 e. The molecule has 1 aromatic carbocycles. The number of aromatic nitrogens is 1. The monoisotopic (exact) mass is 363 g/mol. The molecule has 0 radical (unpaired) electrons. The fourth-order valence-corrected chi connectivity index (χ4v) is 2.67. The third-order valence-electron chi connectivity index (χ3n) is 3.28. The van der Waals surface area contributed by atoms with Crippen LogP contribution in [0, 0.1) is 6.92 Å². The highest BCUT2D eigenvalue weighted by Gasteiger charge is 2.14. The fraction of sp³-hybridized carbons (Fsp3) is 0.250. The molecule has 116 valence electrons. The van der Waals surface area contributed by atoms with Gasteiger partial charge in [-0.25, -0.2) is 4.79 Å². The summed E-state index contributed by atoms with van der Waals surface area (Å²) in [6.45, 7) is 3.83. The number of rotatable bonds is 4. The van der Waals surface area contributed by atoms with Crippen molar-refractivity contribution in [1.29, 1.82) is 0 Å². The van der Waals surface area contributed by atoms with Crippen LogP contribution in [-0.2, 0) is 0 Å². The molecular formula is C16H18BrN3O2. The van der Waals surface area contributed by atoms with Gasteiger partial charge in [0, 0.05) is 16.9 Å². The number of carbonyl (C=O) groups excluding carboxylic acids is 1. The van der Waals surface area contributed by atoms with Gasteiger partial charge < -0.3 is 15.4 Å². The van der Waals surface area contributed by atoms with E-state index in [0.29, 0.717) is 11.4 Å². The normalized spacial score (nSPS) is 11.6. The van der Waals surface area contributed by atoms with Crippen molar-refractivity contribution in [3.8, 4) is 5.75 Å². The molecule has 1 heterocycles. The van der Waals surface area contributed by atoms with E-state index in [1.807, 2.05) is 38.1 Å². The van der Waals surface area contributed by atoms with Crippen molar-refractivity contribution in [3.05, 3.63) is 52.3 Å². The second-order valence-corrected chi connectivity index (χ2v) is 5.82. The summed E-state index contributed by atoms with van der Waals surface area (Å²) in [6, 6.07) is 7.07. The topological polar surface area (TPSA) is 63.2 Å². The summed E-state index contributed by atoms with van der Waals surface area (Å²) in [5, 5.41) is 5.74. The van der Waals surface area contributed by atoms with Gasteiger partial charge in [-0.15, -0.1) is 0 Å². The minimum absolute atomic E-state index is 0.121. The summed E-state index contributed by atoms with van der Waals surface area (Å²) < 4.78 is 6.22. The van der Waals surface area contributed by atoms with Gasteiger partial charge in [-0.05, 0) is 49.2 Å². The Bertz CT molecular complexity index is 662. The van der Waals surface area contributed by atoms with E-state index in [1.54, 1.807) is 19.5 Å². The van der Waals surface area contributed by atoms with Gasteiger partial charge in [0.15, 0.2) is 0 Å². The highest BCUT2D eigenvalue weighted by Crippen LogP contribution is 2.32. The van der Waals surface area contributed by atoms with Crippen molar-refractivity contribution in [2.45, 2.75) is 19.9 Å². The van der Waals surface area contributed by atoms with Gasteiger partial charge in [-0.3, -0.25) is 4.98 Å². The highest BCUT2D eigenvalue weighted by molar-refractivity contribution is 9.10. The van der Waals surface area contributed by atoms with Crippen LogP contribution >= 0.6 is 15.9 Å². The molecule has 5 nitrogen and oxygen atoms in total. The maximum absolute atomic E-state index is 12.2. The number of pyridine rings is 1. The summed E-state index contributed by atoms with van der Waals surface area (Å²) in [7, 11) is 1.57. The Morgan fingerprint density at radius 3 is 2.64 bits per heavy atom. The van der Waals surface area contributed by atoms with Gasteiger partial charge in [0.2, 0.25) is 0 Å². The molecule has 1 aromatic heterocycles. The third kappa shape index (κ3) is 3.98. The fourth-order valence-electron chi connectivity index (χ4n) is 2.12. The zero-order valence-corrected chi connectivity index (χ0v) is 14.3. The van der Waals surface area contributed by atoms with Crippen LogP contribution in [-0.4, -0.2) is 18.1 Å². The van der Waals surface area contributed by atoms with Crippen LogP contribution in [0.2, 0.25) is 0 Å². The van der Waals surface area contributed by atoms with Crippen LogP contribution in [0.1, 0.15) is 24.1 Å². The van der Waals surface area contributed by atoms with E-state index in [1.165, 1.54) is 0 Å². The number of halogens is 1. The van der Waals surface area contributed by atoms with Crippen molar-refractivity contribution < 1.29 is 9.53 Å². The quantitative estimate of drug-likeness (QED) is 0.861. The van der Waals surface area contributed by atoms with E-state index in [0.717, 1.165) is 15.6 Å². The van der Waals surface area contributed by atoms with Crippen molar-refractivity contribution in [1.82, 2.24) is 10.3 Å². The molecule has 0 aliphatic rings. The van der Waals surface area contributed by atoms with Crippen LogP contribution in [0.15, 0.2) is 41.1 Å². The van der Waals surface area contributed by atoms with Crippen molar-refractivity contribution >= 4 is 27.6 Å². The predicted molar refractivity (Wildman–Crippen MR) is 90.2 cm³/mol. The van der Waals surface area contributed by atoms with Crippen molar-refractivity contribution in [2.24, 2.45) is 0 Å². The summed E-state index contributed by atoms with van der Waals surface area (Å²) in [4.78, 5) is 16.2. The van der Waals surface area contributed by atoms with E-state index < -0.39 is 0 Å². The van der Waals surface area contributed by atoms with Crippen LogP contribution in [0.5, 0.6) is 5.75 Å². The average Bonchev–Trinajstić information content (AvgIpc) is 2.50. The molecule has 0 spiro atoms. The molecule has 1 atom stereocenters. The SMILES string of the molecule is COc1cc(Br)cc(C)c1NC(=O)NC(C)c1ccncc1. The lowest BCUT2D eigenvalue weighted by molar-refractivity contribution is 0.249. The minimum atomic E-state index is -0.284. The van der Waals surface area contributed by atoms with E-state index in [2.05, 4.69) is 31.5 Å². The molecule has 2 N–H and O–H groups in total. The van der Waals surface area contributed by atoms with Crippen LogP contribution < -0.4 is 15.4 Å². The van der Waals surface area contributed by atoms with Crippen LogP contribution in [0.4, 0.5) is 10.5 Å². The molecule has 6 heteroatoms. The Labute approximate surface area is 138 Å².